The van der Waals surface area contributed by atoms with Crippen molar-refractivity contribution in [3.63, 3.8) is 0 Å². The Morgan fingerprint density at radius 1 is 1.48 bits per heavy atom. The van der Waals surface area contributed by atoms with Gasteiger partial charge in [0.2, 0.25) is 5.91 Å². The summed E-state index contributed by atoms with van der Waals surface area (Å²) in [6.45, 7) is 2.77. The number of hydrogen-bond donors (Lipinski definition) is 2. The summed E-state index contributed by atoms with van der Waals surface area (Å²) >= 11 is 0. The second-order valence-electron chi connectivity index (χ2n) is 5.46. The first-order valence-corrected chi connectivity index (χ1v) is 7.14. The molecule has 1 aliphatic heterocycles. The third-order valence-corrected chi connectivity index (χ3v) is 3.74. The van der Waals surface area contributed by atoms with Crippen LogP contribution in [-0.4, -0.2) is 44.2 Å². The van der Waals surface area contributed by atoms with Crippen molar-refractivity contribution in [2.24, 2.45) is 5.92 Å². The van der Waals surface area contributed by atoms with Gasteiger partial charge in [0.1, 0.15) is 5.82 Å². The molecule has 5 nitrogen and oxygen atoms in total. The monoisotopic (exact) mass is 295 g/mol. The Kier molecular flexibility index (Phi) is 5.52. The van der Waals surface area contributed by atoms with E-state index >= 15 is 0 Å². The first-order valence-electron chi connectivity index (χ1n) is 7.14. The van der Waals surface area contributed by atoms with E-state index in [2.05, 4.69) is 10.2 Å². The number of benzene rings is 1. The van der Waals surface area contributed by atoms with Crippen molar-refractivity contribution in [1.29, 1.82) is 0 Å². The largest absolute Gasteiger partial charge is 0.399 e. The molecular weight excluding hydrogens is 273 g/mol. The minimum Gasteiger partial charge on any atom is -0.399 e. The van der Waals surface area contributed by atoms with Crippen LogP contribution in [0.2, 0.25) is 0 Å². The fourth-order valence-electron chi connectivity index (χ4n) is 2.58. The van der Waals surface area contributed by atoms with Crippen LogP contribution in [-0.2, 0) is 9.53 Å². The SMILES string of the molecule is COCC1CCN(CC(=O)Nc2cc(N)ccc2F)CC1. The van der Waals surface area contributed by atoms with E-state index in [0.717, 1.165) is 32.5 Å². The van der Waals surface area contributed by atoms with Gasteiger partial charge in [0, 0.05) is 19.4 Å². The number of rotatable bonds is 5. The number of ether oxygens (including phenoxy) is 1. The van der Waals surface area contributed by atoms with E-state index < -0.39 is 5.82 Å². The predicted molar refractivity (Wildman–Crippen MR) is 80.5 cm³/mol. The molecule has 1 saturated heterocycles. The Balaban J connectivity index is 1.81. The summed E-state index contributed by atoms with van der Waals surface area (Å²) in [6, 6.07) is 4.14. The van der Waals surface area contributed by atoms with Gasteiger partial charge in [-0.1, -0.05) is 0 Å². The van der Waals surface area contributed by atoms with E-state index in [1.807, 2.05) is 0 Å². The first kappa shape index (κ1) is 15.7. The van der Waals surface area contributed by atoms with Crippen LogP contribution in [0.3, 0.4) is 0 Å². The number of nitrogens with one attached hydrogen (secondary N) is 1. The van der Waals surface area contributed by atoms with Crippen molar-refractivity contribution in [1.82, 2.24) is 4.90 Å². The maximum absolute atomic E-state index is 13.5. The van der Waals surface area contributed by atoms with Crippen LogP contribution in [0.15, 0.2) is 18.2 Å². The number of nitrogens with zero attached hydrogens (tertiary/aromatic N) is 1. The number of nitrogens with two attached hydrogens (primary N) is 1. The Hall–Kier alpha value is -1.66. The number of carbonyl (C=O) groups excluding carboxylic acids is 1. The number of methoxy groups -OCH3 is 1. The second-order valence-corrected chi connectivity index (χ2v) is 5.46. The van der Waals surface area contributed by atoms with Gasteiger partial charge in [-0.3, -0.25) is 9.69 Å². The van der Waals surface area contributed by atoms with Crippen molar-refractivity contribution in [2.45, 2.75) is 12.8 Å². The molecule has 1 heterocycles. The standard InChI is InChI=1S/C15H22FN3O2/c1-21-10-11-4-6-19(7-5-11)9-15(20)18-14-8-12(17)2-3-13(14)16/h2-3,8,11H,4-7,9-10,17H2,1H3,(H,18,20). The van der Waals surface area contributed by atoms with Crippen molar-refractivity contribution >= 4 is 17.3 Å². The zero-order chi connectivity index (χ0) is 15.2. The summed E-state index contributed by atoms with van der Waals surface area (Å²) in [7, 11) is 1.71. The Labute approximate surface area is 124 Å². The molecule has 1 fully saturated rings. The lowest BCUT2D eigenvalue weighted by Gasteiger charge is -2.31. The van der Waals surface area contributed by atoms with Gasteiger partial charge in [0.25, 0.3) is 0 Å². The molecule has 0 saturated carbocycles. The molecule has 1 aromatic rings. The molecule has 0 aliphatic carbocycles. The van der Waals surface area contributed by atoms with Crippen LogP contribution in [0, 0.1) is 11.7 Å². The molecule has 116 valence electrons. The molecule has 1 aromatic carbocycles. The van der Waals surface area contributed by atoms with Gasteiger partial charge in [-0.2, -0.15) is 0 Å². The summed E-state index contributed by atoms with van der Waals surface area (Å²) in [4.78, 5) is 14.0. The van der Waals surface area contributed by atoms with Gasteiger partial charge < -0.3 is 15.8 Å². The van der Waals surface area contributed by atoms with Gasteiger partial charge >= 0.3 is 0 Å². The van der Waals surface area contributed by atoms with E-state index in [4.69, 9.17) is 10.5 Å². The molecule has 2 rings (SSSR count). The van der Waals surface area contributed by atoms with Crippen LogP contribution < -0.4 is 11.1 Å². The Morgan fingerprint density at radius 3 is 2.86 bits per heavy atom. The fourth-order valence-corrected chi connectivity index (χ4v) is 2.58. The highest BCUT2D eigenvalue weighted by atomic mass is 19.1. The molecule has 6 heteroatoms. The van der Waals surface area contributed by atoms with Gasteiger partial charge in [-0.15, -0.1) is 0 Å². The normalized spacial score (nSPS) is 16.9. The van der Waals surface area contributed by atoms with E-state index in [-0.39, 0.29) is 18.1 Å². The molecule has 0 unspecified atom stereocenters. The molecule has 0 bridgehead atoms. The van der Waals surface area contributed by atoms with Gasteiger partial charge in [0.15, 0.2) is 0 Å². The number of nitrogen functional groups attached to an aromatic ring is 1. The van der Waals surface area contributed by atoms with Crippen LogP contribution in [0.5, 0.6) is 0 Å². The smallest absolute Gasteiger partial charge is 0.238 e. The molecule has 0 aromatic heterocycles. The molecular formula is C15H22FN3O2. The summed E-state index contributed by atoms with van der Waals surface area (Å²) in [6.07, 6.45) is 2.04. The van der Waals surface area contributed by atoms with Crippen molar-refractivity contribution < 1.29 is 13.9 Å². The van der Waals surface area contributed by atoms with Gasteiger partial charge in [0.05, 0.1) is 12.2 Å². The number of halogens is 1. The Bertz CT molecular complexity index is 488. The van der Waals surface area contributed by atoms with E-state index in [0.29, 0.717) is 11.6 Å². The topological polar surface area (TPSA) is 67.6 Å². The van der Waals surface area contributed by atoms with E-state index in [9.17, 15) is 9.18 Å². The zero-order valence-electron chi connectivity index (χ0n) is 12.3. The lowest BCUT2D eigenvalue weighted by molar-refractivity contribution is -0.117. The third-order valence-electron chi connectivity index (χ3n) is 3.74. The zero-order valence-corrected chi connectivity index (χ0v) is 12.3. The maximum atomic E-state index is 13.5. The lowest BCUT2D eigenvalue weighted by atomic mass is 9.98. The summed E-state index contributed by atoms with van der Waals surface area (Å²) in [5.41, 5.74) is 6.15. The predicted octanol–water partition coefficient (Wildman–Crippen LogP) is 1.70. The number of piperidine rings is 1. The van der Waals surface area contributed by atoms with Gasteiger partial charge in [-0.05, 0) is 50.0 Å². The van der Waals surface area contributed by atoms with Crippen molar-refractivity contribution in [3.05, 3.63) is 24.0 Å². The third kappa shape index (κ3) is 4.68. The number of likely N-dealkylation sites (tertiary alicyclic amines) is 1. The highest BCUT2D eigenvalue weighted by Gasteiger charge is 2.21. The Morgan fingerprint density at radius 2 is 2.19 bits per heavy atom. The van der Waals surface area contributed by atoms with E-state index in [1.54, 1.807) is 7.11 Å². The van der Waals surface area contributed by atoms with Crippen LogP contribution >= 0.6 is 0 Å². The molecule has 3 N–H and O–H groups in total. The molecule has 21 heavy (non-hydrogen) atoms. The van der Waals surface area contributed by atoms with Crippen molar-refractivity contribution in [2.75, 3.05) is 44.4 Å². The average Bonchev–Trinajstić information content (AvgIpc) is 2.45. The molecule has 0 spiro atoms. The maximum Gasteiger partial charge on any atom is 0.238 e. The summed E-state index contributed by atoms with van der Waals surface area (Å²) in [5.74, 6) is -0.123. The first-order chi connectivity index (χ1) is 10.1. The second kappa shape index (κ2) is 7.38. The average molecular weight is 295 g/mol. The highest BCUT2D eigenvalue weighted by Crippen LogP contribution is 2.19. The minimum absolute atomic E-state index is 0.134. The fraction of sp³-hybridized carbons (Fsp3) is 0.533. The summed E-state index contributed by atoms with van der Waals surface area (Å²) < 4.78 is 18.7. The number of hydrogen-bond acceptors (Lipinski definition) is 4. The molecule has 1 aliphatic rings. The molecule has 0 atom stereocenters. The van der Waals surface area contributed by atoms with Crippen LogP contribution in [0.25, 0.3) is 0 Å². The quantitative estimate of drug-likeness (QED) is 0.811. The minimum atomic E-state index is -0.476. The number of carbonyl (C=O) groups is 1. The number of amides is 1. The van der Waals surface area contributed by atoms with Gasteiger partial charge in [-0.25, -0.2) is 4.39 Å². The van der Waals surface area contributed by atoms with E-state index in [1.165, 1.54) is 18.2 Å². The van der Waals surface area contributed by atoms with Crippen LogP contribution in [0.1, 0.15) is 12.8 Å². The lowest BCUT2D eigenvalue weighted by Crippen LogP contribution is -2.40. The number of anilines is 2. The molecule has 0 radical (unpaired) electrons. The summed E-state index contributed by atoms with van der Waals surface area (Å²) in [5, 5.41) is 2.57. The van der Waals surface area contributed by atoms with Crippen molar-refractivity contribution in [3.8, 4) is 0 Å². The van der Waals surface area contributed by atoms with Crippen LogP contribution in [0.4, 0.5) is 15.8 Å². The molecule has 1 amide bonds. The highest BCUT2D eigenvalue weighted by molar-refractivity contribution is 5.92.